The standard InChI is InChI=1S/C28H26F3NO3/c1-3-34-27(33)25-12-7-11-24(32-25)21-10-6-9-20(21)22-8-4-5-13-26(22)35-17-19-15-14-18(2)16-23(19)28(29,30)31/h4-5,7-8,11-16H,3,6,9-10,17H2,1-2H3. The zero-order valence-electron chi connectivity index (χ0n) is 19.6. The van der Waals surface area contributed by atoms with Crippen molar-refractivity contribution in [1.82, 2.24) is 4.98 Å². The predicted molar refractivity (Wildman–Crippen MR) is 128 cm³/mol. The van der Waals surface area contributed by atoms with Crippen LogP contribution in [-0.4, -0.2) is 17.6 Å². The van der Waals surface area contributed by atoms with Crippen LogP contribution in [0, 0.1) is 6.92 Å². The van der Waals surface area contributed by atoms with Crippen molar-refractivity contribution >= 4 is 17.1 Å². The number of hydrogen-bond acceptors (Lipinski definition) is 4. The summed E-state index contributed by atoms with van der Waals surface area (Å²) in [7, 11) is 0. The lowest BCUT2D eigenvalue weighted by atomic mass is 9.98. The summed E-state index contributed by atoms with van der Waals surface area (Å²) in [6.07, 6.45) is -2.00. The van der Waals surface area contributed by atoms with Gasteiger partial charge < -0.3 is 9.47 Å². The van der Waals surface area contributed by atoms with Crippen molar-refractivity contribution in [3.63, 3.8) is 0 Å². The van der Waals surface area contributed by atoms with Crippen molar-refractivity contribution in [2.75, 3.05) is 6.61 Å². The average Bonchev–Trinajstić information content (AvgIpc) is 3.33. The Hall–Kier alpha value is -3.61. The maximum absolute atomic E-state index is 13.6. The van der Waals surface area contributed by atoms with Crippen molar-refractivity contribution in [3.8, 4) is 5.75 Å². The fourth-order valence-corrected chi connectivity index (χ4v) is 4.32. The molecule has 1 heterocycles. The van der Waals surface area contributed by atoms with Crippen LogP contribution in [0.1, 0.15) is 64.6 Å². The minimum Gasteiger partial charge on any atom is -0.488 e. The molecule has 0 saturated carbocycles. The van der Waals surface area contributed by atoms with E-state index in [4.69, 9.17) is 9.47 Å². The maximum atomic E-state index is 13.6. The molecule has 4 rings (SSSR count). The number of hydrogen-bond donors (Lipinski definition) is 0. The molecule has 0 N–H and O–H groups in total. The van der Waals surface area contributed by atoms with Crippen LogP contribution in [-0.2, 0) is 17.5 Å². The van der Waals surface area contributed by atoms with E-state index < -0.39 is 17.7 Å². The van der Waals surface area contributed by atoms with Crippen molar-refractivity contribution in [2.45, 2.75) is 45.9 Å². The number of esters is 1. The number of aryl methyl sites for hydroxylation is 1. The van der Waals surface area contributed by atoms with E-state index in [1.54, 1.807) is 44.2 Å². The third-order valence-electron chi connectivity index (χ3n) is 5.93. The minimum atomic E-state index is -4.46. The van der Waals surface area contributed by atoms with Crippen LogP contribution in [0.15, 0.2) is 60.7 Å². The van der Waals surface area contributed by atoms with E-state index in [9.17, 15) is 18.0 Å². The Balaban J connectivity index is 1.66. The number of ether oxygens (including phenoxy) is 2. The molecule has 0 bridgehead atoms. The van der Waals surface area contributed by atoms with Crippen LogP contribution < -0.4 is 4.74 Å². The monoisotopic (exact) mass is 481 g/mol. The van der Waals surface area contributed by atoms with Crippen LogP contribution in [0.25, 0.3) is 11.1 Å². The average molecular weight is 482 g/mol. The normalized spacial score (nSPS) is 13.7. The highest BCUT2D eigenvalue weighted by Gasteiger charge is 2.33. The molecule has 2 aromatic carbocycles. The molecule has 0 unspecified atom stereocenters. The van der Waals surface area contributed by atoms with Gasteiger partial charge >= 0.3 is 12.1 Å². The van der Waals surface area contributed by atoms with Gasteiger partial charge in [0.25, 0.3) is 0 Å². The van der Waals surface area contributed by atoms with Crippen molar-refractivity contribution in [1.29, 1.82) is 0 Å². The number of carbonyl (C=O) groups excluding carboxylic acids is 1. The van der Waals surface area contributed by atoms with E-state index >= 15 is 0 Å². The lowest BCUT2D eigenvalue weighted by Gasteiger charge is -2.17. The SMILES string of the molecule is CCOC(=O)c1cccc(C2=C(c3ccccc3OCc3ccc(C)cc3C(F)(F)F)CCC2)n1. The van der Waals surface area contributed by atoms with Crippen LogP contribution in [0.4, 0.5) is 13.2 Å². The first kappa shape index (κ1) is 24.5. The number of aromatic nitrogens is 1. The first-order chi connectivity index (χ1) is 16.8. The molecule has 0 amide bonds. The number of pyridine rings is 1. The molecule has 0 aliphatic heterocycles. The van der Waals surface area contributed by atoms with Gasteiger partial charge in [0, 0.05) is 11.1 Å². The Labute approximate surface area is 202 Å². The molecular weight excluding hydrogens is 455 g/mol. The molecule has 1 aromatic heterocycles. The Bertz CT molecular complexity index is 1260. The van der Waals surface area contributed by atoms with Crippen molar-refractivity contribution in [3.05, 3.63) is 94.3 Å². The number of para-hydroxylation sites is 1. The second kappa shape index (κ2) is 10.3. The summed E-state index contributed by atoms with van der Waals surface area (Å²) in [4.78, 5) is 16.7. The van der Waals surface area contributed by atoms with Gasteiger partial charge in [-0.05, 0) is 68.5 Å². The molecule has 182 valence electrons. The smallest absolute Gasteiger partial charge is 0.416 e. The molecule has 0 fully saturated rings. The topological polar surface area (TPSA) is 48.4 Å². The first-order valence-electron chi connectivity index (χ1n) is 11.5. The van der Waals surface area contributed by atoms with E-state index in [1.807, 2.05) is 18.2 Å². The zero-order chi connectivity index (χ0) is 25.0. The van der Waals surface area contributed by atoms with E-state index in [1.165, 1.54) is 6.07 Å². The number of rotatable bonds is 7. The Morgan fingerprint density at radius 3 is 2.54 bits per heavy atom. The largest absolute Gasteiger partial charge is 0.488 e. The molecule has 3 aromatic rings. The number of halogens is 3. The molecule has 1 aliphatic rings. The van der Waals surface area contributed by atoms with Crippen LogP contribution in [0.2, 0.25) is 0 Å². The number of alkyl halides is 3. The van der Waals surface area contributed by atoms with Crippen molar-refractivity contribution < 1.29 is 27.4 Å². The Kier molecular flexibility index (Phi) is 7.24. The quantitative estimate of drug-likeness (QED) is 0.333. The molecule has 1 aliphatic carbocycles. The summed E-state index contributed by atoms with van der Waals surface area (Å²) in [6, 6.07) is 16.9. The number of carbonyl (C=O) groups is 1. The lowest BCUT2D eigenvalue weighted by molar-refractivity contribution is -0.138. The van der Waals surface area contributed by atoms with Crippen LogP contribution >= 0.6 is 0 Å². The molecule has 0 saturated heterocycles. The molecular formula is C28H26F3NO3. The Morgan fingerprint density at radius 1 is 1.00 bits per heavy atom. The summed E-state index contributed by atoms with van der Waals surface area (Å²) in [5.74, 6) is 0.0361. The first-order valence-corrected chi connectivity index (χ1v) is 11.5. The summed E-state index contributed by atoms with van der Waals surface area (Å²) in [5.41, 5.74) is 3.72. The fourth-order valence-electron chi connectivity index (χ4n) is 4.32. The number of nitrogens with zero attached hydrogens (tertiary/aromatic N) is 1. The number of benzene rings is 2. The summed E-state index contributed by atoms with van der Waals surface area (Å²) >= 11 is 0. The van der Waals surface area contributed by atoms with Gasteiger partial charge in [-0.25, -0.2) is 9.78 Å². The second-order valence-electron chi connectivity index (χ2n) is 8.38. The van der Waals surface area contributed by atoms with E-state index in [0.717, 1.165) is 42.0 Å². The Morgan fingerprint density at radius 2 is 1.77 bits per heavy atom. The highest BCUT2D eigenvalue weighted by atomic mass is 19.4. The van der Waals surface area contributed by atoms with Gasteiger partial charge in [0.1, 0.15) is 18.1 Å². The third-order valence-corrected chi connectivity index (χ3v) is 5.93. The summed E-state index contributed by atoms with van der Waals surface area (Å²) in [6.45, 7) is 3.44. The third kappa shape index (κ3) is 5.56. The van der Waals surface area contributed by atoms with E-state index in [2.05, 4.69) is 4.98 Å². The fraction of sp³-hybridized carbons (Fsp3) is 0.286. The van der Waals surface area contributed by atoms with Gasteiger partial charge in [-0.15, -0.1) is 0 Å². The minimum absolute atomic E-state index is 0.0855. The van der Waals surface area contributed by atoms with E-state index in [-0.39, 0.29) is 24.5 Å². The van der Waals surface area contributed by atoms with Crippen LogP contribution in [0.5, 0.6) is 5.75 Å². The van der Waals surface area contributed by atoms with Gasteiger partial charge in [0.05, 0.1) is 17.9 Å². The highest BCUT2D eigenvalue weighted by molar-refractivity contribution is 5.94. The molecule has 0 atom stereocenters. The molecule has 35 heavy (non-hydrogen) atoms. The van der Waals surface area contributed by atoms with Gasteiger partial charge in [-0.2, -0.15) is 13.2 Å². The number of allylic oxidation sites excluding steroid dienone is 2. The molecule has 0 spiro atoms. The van der Waals surface area contributed by atoms with Gasteiger partial charge in [0.15, 0.2) is 0 Å². The molecule has 0 radical (unpaired) electrons. The highest BCUT2D eigenvalue weighted by Crippen LogP contribution is 2.42. The maximum Gasteiger partial charge on any atom is 0.416 e. The second-order valence-corrected chi connectivity index (χ2v) is 8.38. The van der Waals surface area contributed by atoms with Crippen LogP contribution in [0.3, 0.4) is 0 Å². The summed E-state index contributed by atoms with van der Waals surface area (Å²) in [5, 5.41) is 0. The zero-order valence-corrected chi connectivity index (χ0v) is 19.6. The lowest BCUT2D eigenvalue weighted by Crippen LogP contribution is -2.11. The van der Waals surface area contributed by atoms with E-state index in [0.29, 0.717) is 17.0 Å². The van der Waals surface area contributed by atoms with Gasteiger partial charge in [0.2, 0.25) is 0 Å². The molecule has 4 nitrogen and oxygen atoms in total. The van der Waals surface area contributed by atoms with Crippen molar-refractivity contribution in [2.24, 2.45) is 0 Å². The predicted octanol–water partition coefficient (Wildman–Crippen LogP) is 7.26. The molecule has 7 heteroatoms. The van der Waals surface area contributed by atoms with Gasteiger partial charge in [-0.1, -0.05) is 42.0 Å². The summed E-state index contributed by atoms with van der Waals surface area (Å²) < 4.78 is 51.7. The van der Waals surface area contributed by atoms with Gasteiger partial charge in [-0.3, -0.25) is 0 Å².